The van der Waals surface area contributed by atoms with Crippen LogP contribution >= 0.6 is 0 Å². The molecule has 0 radical (unpaired) electrons. The Morgan fingerprint density at radius 3 is 2.59 bits per heavy atom. The first-order valence-corrected chi connectivity index (χ1v) is 7.88. The molecule has 0 aromatic heterocycles. The van der Waals surface area contributed by atoms with Crippen LogP contribution in [-0.2, 0) is 22.6 Å². The van der Waals surface area contributed by atoms with E-state index in [4.69, 9.17) is 9.84 Å². The van der Waals surface area contributed by atoms with Crippen LogP contribution in [0, 0.1) is 22.0 Å². The minimum absolute atomic E-state index is 0.00169. The third-order valence-corrected chi connectivity index (χ3v) is 3.39. The van der Waals surface area contributed by atoms with Crippen molar-refractivity contribution in [1.29, 1.82) is 0 Å². The summed E-state index contributed by atoms with van der Waals surface area (Å²) in [6, 6.07) is 13.2. The van der Waals surface area contributed by atoms with Crippen molar-refractivity contribution in [1.82, 2.24) is 5.32 Å². The van der Waals surface area contributed by atoms with Crippen LogP contribution in [0.4, 0.5) is 10.5 Å². The van der Waals surface area contributed by atoms with E-state index in [1.807, 2.05) is 30.3 Å². The van der Waals surface area contributed by atoms with Crippen molar-refractivity contribution in [3.63, 3.8) is 0 Å². The Balaban J connectivity index is 1.89. The van der Waals surface area contributed by atoms with Crippen LogP contribution in [-0.4, -0.2) is 28.6 Å². The highest BCUT2D eigenvalue weighted by Crippen LogP contribution is 2.20. The van der Waals surface area contributed by atoms with Crippen LogP contribution < -0.4 is 5.32 Å². The van der Waals surface area contributed by atoms with Crippen LogP contribution in [0.1, 0.15) is 16.7 Å². The van der Waals surface area contributed by atoms with Gasteiger partial charge in [-0.25, -0.2) is 4.79 Å². The van der Waals surface area contributed by atoms with E-state index in [0.717, 1.165) is 5.56 Å². The number of alkyl carbamates (subject to hydrolysis) is 1. The molecule has 0 aliphatic rings. The Hall–Kier alpha value is -3.86. The number of aliphatic carboxylic acids is 1. The maximum Gasteiger partial charge on any atom is 0.408 e. The number of nitrogens with one attached hydrogen (secondary N) is 1. The maximum absolute atomic E-state index is 11.6. The van der Waals surface area contributed by atoms with Gasteiger partial charge >= 0.3 is 12.1 Å². The number of ether oxygens (including phenoxy) is 1. The van der Waals surface area contributed by atoms with E-state index < -0.39 is 23.4 Å². The van der Waals surface area contributed by atoms with Crippen molar-refractivity contribution in [3.05, 3.63) is 75.3 Å². The summed E-state index contributed by atoms with van der Waals surface area (Å²) in [5.74, 6) is 4.18. The number of rotatable bonds is 6. The molecular weight excluding hydrogens is 352 g/mol. The molecule has 0 unspecified atom stereocenters. The van der Waals surface area contributed by atoms with E-state index in [-0.39, 0.29) is 24.4 Å². The summed E-state index contributed by atoms with van der Waals surface area (Å²) in [7, 11) is 0. The maximum atomic E-state index is 11.6. The second-order valence-electron chi connectivity index (χ2n) is 5.39. The molecule has 0 aliphatic heterocycles. The molecule has 0 saturated carbocycles. The highest BCUT2D eigenvalue weighted by Gasteiger charge is 2.16. The van der Waals surface area contributed by atoms with Crippen molar-refractivity contribution < 1.29 is 24.4 Å². The topological polar surface area (TPSA) is 119 Å². The summed E-state index contributed by atoms with van der Waals surface area (Å²) in [4.78, 5) is 32.7. The molecule has 0 bridgehead atoms. The number of carbonyl (C=O) groups is 2. The predicted molar refractivity (Wildman–Crippen MR) is 95.9 cm³/mol. The fourth-order valence-corrected chi connectivity index (χ4v) is 2.16. The van der Waals surface area contributed by atoms with Crippen molar-refractivity contribution >= 4 is 17.7 Å². The Morgan fingerprint density at radius 2 is 1.93 bits per heavy atom. The fraction of sp³-hybridized carbons (Fsp3) is 0.158. The van der Waals surface area contributed by atoms with Gasteiger partial charge in [0.15, 0.2) is 0 Å². The highest BCUT2D eigenvalue weighted by molar-refractivity contribution is 5.72. The van der Waals surface area contributed by atoms with Gasteiger partial charge in [0.05, 0.1) is 17.9 Å². The Labute approximate surface area is 154 Å². The first-order valence-electron chi connectivity index (χ1n) is 7.88. The number of hydrogen-bond acceptors (Lipinski definition) is 5. The summed E-state index contributed by atoms with van der Waals surface area (Å²) in [6.07, 6.45) is -1.07. The van der Waals surface area contributed by atoms with Gasteiger partial charge in [0.2, 0.25) is 0 Å². The normalized spacial score (nSPS) is 9.63. The molecule has 27 heavy (non-hydrogen) atoms. The molecular formula is C19H16N2O6. The molecule has 0 spiro atoms. The van der Waals surface area contributed by atoms with Gasteiger partial charge in [0.25, 0.3) is 5.69 Å². The molecule has 138 valence electrons. The van der Waals surface area contributed by atoms with Crippen molar-refractivity contribution in [2.75, 3.05) is 6.54 Å². The monoisotopic (exact) mass is 368 g/mol. The Kier molecular flexibility index (Phi) is 6.91. The zero-order chi connectivity index (χ0) is 19.6. The second-order valence-corrected chi connectivity index (χ2v) is 5.39. The molecule has 0 saturated heterocycles. The van der Waals surface area contributed by atoms with Crippen molar-refractivity contribution in [3.8, 4) is 11.8 Å². The van der Waals surface area contributed by atoms with Gasteiger partial charge in [-0.05, 0) is 11.6 Å². The number of nitro benzene ring substituents is 1. The lowest BCUT2D eigenvalue weighted by Crippen LogP contribution is -2.24. The van der Waals surface area contributed by atoms with E-state index in [0.29, 0.717) is 5.56 Å². The SMILES string of the molecule is O=C(O)Cc1ccc(C#CCNC(=O)OCc2ccccc2)cc1[N+](=O)[O-]. The van der Waals surface area contributed by atoms with Crippen LogP contribution in [0.3, 0.4) is 0 Å². The van der Waals surface area contributed by atoms with Gasteiger partial charge in [-0.2, -0.15) is 0 Å². The predicted octanol–water partition coefficient (Wildman–Crippen LogP) is 2.50. The summed E-state index contributed by atoms with van der Waals surface area (Å²) in [5.41, 5.74) is 0.989. The lowest BCUT2D eigenvalue weighted by molar-refractivity contribution is -0.385. The minimum atomic E-state index is -1.16. The zero-order valence-electron chi connectivity index (χ0n) is 14.2. The van der Waals surface area contributed by atoms with Crippen LogP contribution in [0.5, 0.6) is 0 Å². The van der Waals surface area contributed by atoms with Crippen molar-refractivity contribution in [2.24, 2.45) is 0 Å². The third-order valence-electron chi connectivity index (χ3n) is 3.39. The largest absolute Gasteiger partial charge is 0.481 e. The van der Waals surface area contributed by atoms with E-state index in [1.54, 1.807) is 0 Å². The molecule has 2 N–H and O–H groups in total. The fourth-order valence-electron chi connectivity index (χ4n) is 2.16. The average Bonchev–Trinajstić information content (AvgIpc) is 2.64. The van der Waals surface area contributed by atoms with Gasteiger partial charge in [-0.15, -0.1) is 0 Å². The van der Waals surface area contributed by atoms with Crippen LogP contribution in [0.15, 0.2) is 48.5 Å². The van der Waals surface area contributed by atoms with Crippen LogP contribution in [0.2, 0.25) is 0 Å². The van der Waals surface area contributed by atoms with Gasteiger partial charge in [0, 0.05) is 17.2 Å². The summed E-state index contributed by atoms with van der Waals surface area (Å²) in [5, 5.41) is 22.3. The number of benzene rings is 2. The summed E-state index contributed by atoms with van der Waals surface area (Å²) in [6.45, 7) is 0.135. The van der Waals surface area contributed by atoms with Crippen LogP contribution in [0.25, 0.3) is 0 Å². The minimum Gasteiger partial charge on any atom is -0.481 e. The Bertz CT molecular complexity index is 899. The Morgan fingerprint density at radius 1 is 1.19 bits per heavy atom. The van der Waals surface area contributed by atoms with Gasteiger partial charge < -0.3 is 15.2 Å². The quantitative estimate of drug-likeness (QED) is 0.459. The number of nitrogens with zero attached hydrogens (tertiary/aromatic N) is 1. The molecule has 2 rings (SSSR count). The molecule has 0 aliphatic carbocycles. The standard InChI is InChI=1S/C19H16N2O6/c22-18(23)12-16-9-8-14(11-17(16)21(25)26)7-4-10-20-19(24)27-13-15-5-2-1-3-6-15/h1-3,5-6,8-9,11H,10,12-13H2,(H,20,24)(H,22,23). The van der Waals surface area contributed by atoms with Crippen molar-refractivity contribution in [2.45, 2.75) is 13.0 Å². The molecule has 1 amide bonds. The van der Waals surface area contributed by atoms with E-state index in [1.165, 1.54) is 18.2 Å². The summed E-state index contributed by atoms with van der Waals surface area (Å²) >= 11 is 0. The molecule has 8 nitrogen and oxygen atoms in total. The van der Waals surface area contributed by atoms with Gasteiger partial charge in [-0.3, -0.25) is 14.9 Å². The zero-order valence-corrected chi connectivity index (χ0v) is 14.2. The molecule has 0 atom stereocenters. The van der Waals surface area contributed by atoms with E-state index in [2.05, 4.69) is 17.2 Å². The number of amides is 1. The van der Waals surface area contributed by atoms with Gasteiger partial charge in [0.1, 0.15) is 6.61 Å². The molecule has 2 aromatic rings. The average molecular weight is 368 g/mol. The molecule has 0 heterocycles. The number of hydrogen-bond donors (Lipinski definition) is 2. The molecule has 0 fully saturated rings. The molecule has 2 aromatic carbocycles. The van der Waals surface area contributed by atoms with E-state index >= 15 is 0 Å². The van der Waals surface area contributed by atoms with Gasteiger partial charge in [-0.1, -0.05) is 48.2 Å². The number of carboxylic acids is 1. The number of carboxylic acid groups (broad SMARTS) is 1. The van der Waals surface area contributed by atoms with E-state index in [9.17, 15) is 19.7 Å². The first kappa shape index (κ1) is 19.5. The number of carbonyl (C=O) groups excluding carboxylic acids is 1. The third kappa shape index (κ3) is 6.51. The second kappa shape index (κ2) is 9.58. The first-order chi connectivity index (χ1) is 13.0. The lowest BCUT2D eigenvalue weighted by atomic mass is 10.1. The summed E-state index contributed by atoms with van der Waals surface area (Å²) < 4.78 is 5.02. The lowest BCUT2D eigenvalue weighted by Gasteiger charge is -2.04. The number of nitro groups is 1. The molecule has 8 heteroatoms. The smallest absolute Gasteiger partial charge is 0.408 e. The highest BCUT2D eigenvalue weighted by atomic mass is 16.6.